The summed E-state index contributed by atoms with van der Waals surface area (Å²) in [4.78, 5) is 13.1. The molecule has 1 saturated heterocycles. The number of hydrogen-bond donors (Lipinski definition) is 1. The largest absolute Gasteiger partial charge is 0.447 e. The van der Waals surface area contributed by atoms with E-state index in [2.05, 4.69) is 4.72 Å². The monoisotopic (exact) mass is 380 g/mol. The van der Waals surface area contributed by atoms with Gasteiger partial charge in [0.25, 0.3) is 0 Å². The second kappa shape index (κ2) is 7.43. The number of sulfonamides is 1. The van der Waals surface area contributed by atoms with E-state index in [-0.39, 0.29) is 11.4 Å². The first-order valence-corrected chi connectivity index (χ1v) is 9.60. The Bertz CT molecular complexity index is 851. The van der Waals surface area contributed by atoms with Crippen molar-refractivity contribution in [1.29, 1.82) is 0 Å². The number of rotatable bonds is 6. The highest BCUT2D eigenvalue weighted by Gasteiger charge is 2.24. The van der Waals surface area contributed by atoms with Gasteiger partial charge in [0.05, 0.1) is 11.4 Å². The minimum absolute atomic E-state index is 0.153. The van der Waals surface area contributed by atoms with E-state index in [9.17, 15) is 13.2 Å². The highest BCUT2D eigenvalue weighted by atomic mass is 35.5. The molecule has 2 aromatic rings. The Morgan fingerprint density at radius 2 is 1.76 bits per heavy atom. The SMILES string of the molecule is O=C1OCCN1c1ccc(S(=O)(=O)NCCc2ccc(Cl)cc2)cc1. The highest BCUT2D eigenvalue weighted by molar-refractivity contribution is 7.89. The van der Waals surface area contributed by atoms with Crippen LogP contribution < -0.4 is 9.62 Å². The third-order valence-electron chi connectivity index (χ3n) is 3.84. The van der Waals surface area contributed by atoms with Crippen LogP contribution in [0.3, 0.4) is 0 Å². The molecule has 0 radical (unpaired) electrons. The summed E-state index contributed by atoms with van der Waals surface area (Å²) >= 11 is 5.82. The molecule has 1 aliphatic heterocycles. The summed E-state index contributed by atoms with van der Waals surface area (Å²) in [5.74, 6) is 0. The summed E-state index contributed by atoms with van der Waals surface area (Å²) in [6.07, 6.45) is 0.144. The molecule has 0 saturated carbocycles. The number of nitrogens with zero attached hydrogens (tertiary/aromatic N) is 1. The van der Waals surface area contributed by atoms with Gasteiger partial charge in [0.15, 0.2) is 0 Å². The first kappa shape index (κ1) is 17.7. The van der Waals surface area contributed by atoms with Crippen molar-refractivity contribution in [3.05, 3.63) is 59.1 Å². The predicted octanol–water partition coefficient (Wildman–Crippen LogP) is 2.82. The van der Waals surface area contributed by atoms with Crippen LogP contribution in [0, 0.1) is 0 Å². The molecule has 0 spiro atoms. The molecule has 8 heteroatoms. The van der Waals surface area contributed by atoms with E-state index >= 15 is 0 Å². The van der Waals surface area contributed by atoms with Crippen LogP contribution in [0.2, 0.25) is 5.02 Å². The van der Waals surface area contributed by atoms with Crippen LogP contribution in [-0.4, -0.2) is 34.2 Å². The molecule has 1 heterocycles. The van der Waals surface area contributed by atoms with Crippen molar-refractivity contribution in [2.75, 3.05) is 24.6 Å². The van der Waals surface area contributed by atoms with E-state index in [1.165, 1.54) is 17.0 Å². The van der Waals surface area contributed by atoms with Crippen molar-refractivity contribution in [3.8, 4) is 0 Å². The molecule has 1 fully saturated rings. The summed E-state index contributed by atoms with van der Waals surface area (Å²) < 4.78 is 32.1. The van der Waals surface area contributed by atoms with Crippen LogP contribution in [0.15, 0.2) is 53.4 Å². The van der Waals surface area contributed by atoms with Gasteiger partial charge in [0.1, 0.15) is 6.61 Å². The fraction of sp³-hybridized carbons (Fsp3) is 0.235. The molecule has 3 rings (SSSR count). The lowest BCUT2D eigenvalue weighted by Crippen LogP contribution is -2.26. The Labute approximate surface area is 151 Å². The van der Waals surface area contributed by atoms with Crippen molar-refractivity contribution in [3.63, 3.8) is 0 Å². The van der Waals surface area contributed by atoms with Crippen molar-refractivity contribution >= 4 is 33.4 Å². The quantitative estimate of drug-likeness (QED) is 0.836. The third-order valence-corrected chi connectivity index (χ3v) is 5.57. The van der Waals surface area contributed by atoms with Crippen molar-refractivity contribution < 1.29 is 17.9 Å². The standard InChI is InChI=1S/C17H17ClN2O4S/c18-14-3-1-13(2-4-14)9-10-19-25(22,23)16-7-5-15(6-8-16)20-11-12-24-17(20)21/h1-8,19H,9-12H2. The Morgan fingerprint density at radius 1 is 1.08 bits per heavy atom. The highest BCUT2D eigenvalue weighted by Crippen LogP contribution is 2.21. The lowest BCUT2D eigenvalue weighted by atomic mass is 10.2. The predicted molar refractivity (Wildman–Crippen MR) is 95.5 cm³/mol. The van der Waals surface area contributed by atoms with Gasteiger partial charge in [-0.3, -0.25) is 4.90 Å². The van der Waals surface area contributed by atoms with Gasteiger partial charge in [0.2, 0.25) is 10.0 Å². The number of nitrogens with one attached hydrogen (secondary N) is 1. The number of carbonyl (C=O) groups excluding carboxylic acids is 1. The molecule has 0 unspecified atom stereocenters. The Morgan fingerprint density at radius 3 is 2.36 bits per heavy atom. The van der Waals surface area contributed by atoms with Crippen LogP contribution in [0.4, 0.5) is 10.5 Å². The van der Waals surface area contributed by atoms with Gasteiger partial charge in [-0.05, 0) is 48.4 Å². The minimum atomic E-state index is -3.60. The molecule has 1 N–H and O–H groups in total. The van der Waals surface area contributed by atoms with E-state index in [4.69, 9.17) is 16.3 Å². The second-order valence-corrected chi connectivity index (χ2v) is 7.74. The van der Waals surface area contributed by atoms with E-state index in [0.29, 0.717) is 30.3 Å². The zero-order valence-corrected chi connectivity index (χ0v) is 14.9. The second-order valence-electron chi connectivity index (χ2n) is 5.53. The van der Waals surface area contributed by atoms with Gasteiger partial charge in [-0.25, -0.2) is 17.9 Å². The fourth-order valence-electron chi connectivity index (χ4n) is 2.50. The number of cyclic esters (lactones) is 1. The van der Waals surface area contributed by atoms with E-state index in [1.54, 1.807) is 24.3 Å². The maximum atomic E-state index is 12.3. The Hall–Kier alpha value is -2.09. The molecule has 1 aliphatic rings. The van der Waals surface area contributed by atoms with Crippen LogP contribution >= 0.6 is 11.6 Å². The molecule has 2 aromatic carbocycles. The molecular weight excluding hydrogens is 364 g/mol. The fourth-order valence-corrected chi connectivity index (χ4v) is 3.66. The molecule has 0 aromatic heterocycles. The van der Waals surface area contributed by atoms with Gasteiger partial charge in [-0.15, -0.1) is 0 Å². The summed E-state index contributed by atoms with van der Waals surface area (Å²) in [5.41, 5.74) is 1.61. The number of carbonyl (C=O) groups is 1. The zero-order valence-electron chi connectivity index (χ0n) is 13.3. The average molecular weight is 381 g/mol. The smallest absolute Gasteiger partial charge is 0.414 e. The van der Waals surface area contributed by atoms with Gasteiger partial charge in [-0.1, -0.05) is 23.7 Å². The maximum absolute atomic E-state index is 12.3. The Kier molecular flexibility index (Phi) is 5.27. The van der Waals surface area contributed by atoms with E-state index < -0.39 is 16.1 Å². The molecule has 132 valence electrons. The maximum Gasteiger partial charge on any atom is 0.414 e. The van der Waals surface area contributed by atoms with Gasteiger partial charge < -0.3 is 4.74 Å². The number of anilines is 1. The first-order chi connectivity index (χ1) is 12.0. The summed E-state index contributed by atoms with van der Waals surface area (Å²) in [7, 11) is -3.60. The number of hydrogen-bond acceptors (Lipinski definition) is 4. The van der Waals surface area contributed by atoms with Gasteiger partial charge >= 0.3 is 6.09 Å². The summed E-state index contributed by atoms with van der Waals surface area (Å²) in [5, 5.41) is 0.645. The number of ether oxygens (including phenoxy) is 1. The van der Waals surface area contributed by atoms with Crippen molar-refractivity contribution in [2.24, 2.45) is 0 Å². The number of benzene rings is 2. The molecular formula is C17H17ClN2O4S. The molecule has 1 amide bonds. The lowest BCUT2D eigenvalue weighted by molar-refractivity contribution is 0.181. The van der Waals surface area contributed by atoms with E-state index in [0.717, 1.165) is 5.56 Å². The van der Waals surface area contributed by atoms with Crippen molar-refractivity contribution in [2.45, 2.75) is 11.3 Å². The molecule has 6 nitrogen and oxygen atoms in total. The average Bonchev–Trinajstić information content (AvgIpc) is 3.03. The molecule has 0 atom stereocenters. The Balaban J connectivity index is 1.61. The molecule has 0 aliphatic carbocycles. The summed E-state index contributed by atoms with van der Waals surface area (Å²) in [6.45, 7) is 1.08. The minimum Gasteiger partial charge on any atom is -0.447 e. The summed E-state index contributed by atoms with van der Waals surface area (Å²) in [6, 6.07) is 13.4. The van der Waals surface area contributed by atoms with Crippen molar-refractivity contribution in [1.82, 2.24) is 4.72 Å². The van der Waals surface area contributed by atoms with Gasteiger partial charge in [0, 0.05) is 17.3 Å². The number of amides is 1. The van der Waals surface area contributed by atoms with Crippen LogP contribution in [-0.2, 0) is 21.2 Å². The normalized spacial score (nSPS) is 14.6. The van der Waals surface area contributed by atoms with E-state index in [1.807, 2.05) is 12.1 Å². The molecule has 0 bridgehead atoms. The van der Waals surface area contributed by atoms with Crippen LogP contribution in [0.25, 0.3) is 0 Å². The number of halogens is 1. The third kappa shape index (κ3) is 4.31. The molecule has 25 heavy (non-hydrogen) atoms. The zero-order chi connectivity index (χ0) is 17.9. The topological polar surface area (TPSA) is 75.7 Å². The van der Waals surface area contributed by atoms with Crippen LogP contribution in [0.5, 0.6) is 0 Å². The van der Waals surface area contributed by atoms with Crippen LogP contribution in [0.1, 0.15) is 5.56 Å². The lowest BCUT2D eigenvalue weighted by Gasteiger charge is -2.13. The van der Waals surface area contributed by atoms with Gasteiger partial charge in [-0.2, -0.15) is 0 Å². The first-order valence-electron chi connectivity index (χ1n) is 7.74.